The third kappa shape index (κ3) is 5.67. The van der Waals surface area contributed by atoms with Gasteiger partial charge >= 0.3 is 5.69 Å². The van der Waals surface area contributed by atoms with Crippen LogP contribution in [0.4, 0.5) is 4.39 Å². The van der Waals surface area contributed by atoms with Crippen molar-refractivity contribution in [2.75, 3.05) is 13.2 Å². The number of benzene rings is 1. The number of imidazole rings is 1. The van der Waals surface area contributed by atoms with Gasteiger partial charge in [-0.05, 0) is 30.4 Å². The minimum Gasteiger partial charge on any atom is -0.493 e. The molecular formula is C25H31FN4O7. The number of hydrogen-bond donors (Lipinski definition) is 4. The Hall–Kier alpha value is -3.32. The number of halogens is 1. The number of hydrogen-bond acceptors (Lipinski definition) is 8. The van der Waals surface area contributed by atoms with Gasteiger partial charge in [0.2, 0.25) is 5.82 Å². The first kappa shape index (κ1) is 26.7. The van der Waals surface area contributed by atoms with E-state index in [1.165, 1.54) is 0 Å². The Bertz CT molecular complexity index is 1320. The number of nitrogens with one attached hydrogen (secondary N) is 1. The third-order valence-electron chi connectivity index (χ3n) is 6.65. The lowest BCUT2D eigenvalue weighted by atomic mass is 9.86. The molecule has 4 atom stereocenters. The van der Waals surface area contributed by atoms with Crippen molar-refractivity contribution in [1.82, 2.24) is 19.1 Å². The van der Waals surface area contributed by atoms with Gasteiger partial charge in [0.05, 0.1) is 31.4 Å². The van der Waals surface area contributed by atoms with E-state index in [0.717, 1.165) is 20.4 Å². The van der Waals surface area contributed by atoms with Gasteiger partial charge in [0.1, 0.15) is 24.1 Å². The molecule has 1 aliphatic rings. The molecule has 0 radical (unpaired) electrons. The van der Waals surface area contributed by atoms with E-state index in [1.807, 2.05) is 38.1 Å². The van der Waals surface area contributed by atoms with Gasteiger partial charge in [-0.1, -0.05) is 26.0 Å². The molecule has 3 aromatic rings. The van der Waals surface area contributed by atoms with Gasteiger partial charge in [-0.25, -0.2) is 9.78 Å². The second-order valence-electron chi connectivity index (χ2n) is 9.82. The molecule has 1 aliphatic heterocycles. The number of aliphatic hydroxyl groups is 3. The van der Waals surface area contributed by atoms with Crippen molar-refractivity contribution in [3.8, 4) is 17.0 Å². The van der Waals surface area contributed by atoms with E-state index in [-0.39, 0.29) is 12.0 Å². The molecule has 0 bridgehead atoms. The predicted octanol–water partition coefficient (Wildman–Crippen LogP) is 1.04. The minimum absolute atomic E-state index is 0.0823. The van der Waals surface area contributed by atoms with Crippen molar-refractivity contribution in [2.24, 2.45) is 5.41 Å². The highest BCUT2D eigenvalue weighted by Gasteiger charge is 2.44. The fourth-order valence-corrected chi connectivity index (χ4v) is 4.27. The van der Waals surface area contributed by atoms with Gasteiger partial charge in [0.25, 0.3) is 5.56 Å². The summed E-state index contributed by atoms with van der Waals surface area (Å²) in [6, 6.07) is 7.52. The van der Waals surface area contributed by atoms with Crippen molar-refractivity contribution in [2.45, 2.75) is 57.8 Å². The molecule has 1 aromatic carbocycles. The summed E-state index contributed by atoms with van der Waals surface area (Å²) in [5.74, 6) is -0.526. The summed E-state index contributed by atoms with van der Waals surface area (Å²) in [7, 11) is 0. The van der Waals surface area contributed by atoms with Gasteiger partial charge in [0.15, 0.2) is 6.23 Å². The number of aromatic nitrogens is 4. The fourth-order valence-electron chi connectivity index (χ4n) is 4.27. The molecule has 4 N–H and O–H groups in total. The molecule has 4 rings (SSSR count). The number of aliphatic hydroxyl groups excluding tert-OH is 3. The fraction of sp³-hybridized carbons (Fsp3) is 0.480. The molecule has 0 unspecified atom stereocenters. The van der Waals surface area contributed by atoms with Gasteiger partial charge in [0, 0.05) is 18.3 Å². The zero-order valence-corrected chi connectivity index (χ0v) is 20.6. The summed E-state index contributed by atoms with van der Waals surface area (Å²) in [6.07, 6.45) is -0.705. The zero-order valence-electron chi connectivity index (χ0n) is 20.6. The van der Waals surface area contributed by atoms with Crippen molar-refractivity contribution in [3.05, 3.63) is 69.6 Å². The van der Waals surface area contributed by atoms with Crippen LogP contribution in [0.15, 0.2) is 52.6 Å². The number of H-pyrrole nitrogens is 1. The second-order valence-corrected chi connectivity index (χ2v) is 9.82. The van der Waals surface area contributed by atoms with E-state index in [2.05, 4.69) is 9.97 Å². The van der Waals surface area contributed by atoms with Crippen LogP contribution in [0.1, 0.15) is 32.9 Å². The van der Waals surface area contributed by atoms with Crippen molar-refractivity contribution >= 4 is 0 Å². The first-order valence-electron chi connectivity index (χ1n) is 12.0. The number of para-hydroxylation sites is 1. The Labute approximate surface area is 211 Å². The van der Waals surface area contributed by atoms with Crippen LogP contribution in [0.25, 0.3) is 11.3 Å². The quantitative estimate of drug-likeness (QED) is 0.311. The molecule has 200 valence electrons. The summed E-state index contributed by atoms with van der Waals surface area (Å²) in [5.41, 5.74) is -0.760. The van der Waals surface area contributed by atoms with Crippen LogP contribution in [0.3, 0.4) is 0 Å². The Morgan fingerprint density at radius 3 is 2.62 bits per heavy atom. The number of ether oxygens (including phenoxy) is 2. The summed E-state index contributed by atoms with van der Waals surface area (Å²) in [5, 5.41) is 29.5. The van der Waals surface area contributed by atoms with Crippen LogP contribution >= 0.6 is 0 Å². The van der Waals surface area contributed by atoms with Gasteiger partial charge < -0.3 is 29.8 Å². The maximum Gasteiger partial charge on any atom is 0.333 e. The van der Waals surface area contributed by atoms with Crippen LogP contribution in [0.2, 0.25) is 0 Å². The lowest BCUT2D eigenvalue weighted by molar-refractivity contribution is -0.0561. The van der Waals surface area contributed by atoms with Crippen molar-refractivity contribution in [3.63, 3.8) is 0 Å². The van der Waals surface area contributed by atoms with E-state index >= 15 is 0 Å². The van der Waals surface area contributed by atoms with Crippen LogP contribution in [0, 0.1) is 11.2 Å². The lowest BCUT2D eigenvalue weighted by Gasteiger charge is -2.25. The largest absolute Gasteiger partial charge is 0.493 e. The Kier molecular flexibility index (Phi) is 7.93. The van der Waals surface area contributed by atoms with Gasteiger partial charge in [-0.3, -0.25) is 13.9 Å². The first-order chi connectivity index (χ1) is 17.6. The number of aromatic amines is 1. The van der Waals surface area contributed by atoms with E-state index < -0.39 is 48.2 Å². The molecule has 1 saturated heterocycles. The Morgan fingerprint density at radius 1 is 1.19 bits per heavy atom. The van der Waals surface area contributed by atoms with Crippen LogP contribution in [-0.4, -0.2) is 65.9 Å². The van der Waals surface area contributed by atoms with Gasteiger partial charge in [-0.2, -0.15) is 4.39 Å². The maximum atomic E-state index is 14.5. The molecule has 0 aliphatic carbocycles. The van der Waals surface area contributed by atoms with E-state index in [9.17, 15) is 29.3 Å². The topological polar surface area (TPSA) is 152 Å². The zero-order chi connectivity index (χ0) is 26.7. The highest BCUT2D eigenvalue weighted by atomic mass is 19.1. The Morgan fingerprint density at radius 2 is 1.95 bits per heavy atom. The molecule has 12 heteroatoms. The highest BCUT2D eigenvalue weighted by Crippen LogP contribution is 2.31. The third-order valence-corrected chi connectivity index (χ3v) is 6.65. The normalized spacial score (nSPS) is 21.9. The molecule has 2 aromatic heterocycles. The van der Waals surface area contributed by atoms with E-state index in [0.29, 0.717) is 31.4 Å². The first-order valence-corrected chi connectivity index (χ1v) is 12.0. The molecule has 0 spiro atoms. The maximum absolute atomic E-state index is 14.5. The molecule has 0 amide bonds. The molecule has 11 nitrogen and oxygen atoms in total. The van der Waals surface area contributed by atoms with E-state index in [1.54, 1.807) is 12.5 Å². The van der Waals surface area contributed by atoms with E-state index in [4.69, 9.17) is 9.47 Å². The second kappa shape index (κ2) is 11.0. The average molecular weight is 519 g/mol. The summed E-state index contributed by atoms with van der Waals surface area (Å²) < 4.78 is 27.3. The van der Waals surface area contributed by atoms with Crippen molar-refractivity contribution in [1.29, 1.82) is 0 Å². The standard InChI is InChI=1S/C25H31FN4O7/c1-25(2,8-10-36-18-6-4-3-5-15(18)17-11-27-14-28-17)7-9-29-22(34)16(26)12-30(24(29)35)23-21(33)20(32)19(13-31)37-23/h3-6,11-12,14,19-21,23,31-33H,7-10,13H2,1-2H3,(H,27,28)/t19-,20-,21-,23-/m1/s1. The summed E-state index contributed by atoms with van der Waals surface area (Å²) in [4.78, 5) is 32.7. The van der Waals surface area contributed by atoms with Crippen LogP contribution in [-0.2, 0) is 11.3 Å². The molecule has 0 saturated carbocycles. The monoisotopic (exact) mass is 518 g/mol. The smallest absolute Gasteiger partial charge is 0.333 e. The molecule has 1 fully saturated rings. The number of nitrogens with zero attached hydrogens (tertiary/aromatic N) is 3. The highest BCUT2D eigenvalue weighted by molar-refractivity contribution is 5.66. The Balaban J connectivity index is 1.44. The molecular weight excluding hydrogens is 487 g/mol. The minimum atomic E-state index is -1.59. The summed E-state index contributed by atoms with van der Waals surface area (Å²) >= 11 is 0. The number of rotatable bonds is 10. The van der Waals surface area contributed by atoms with Crippen molar-refractivity contribution < 1.29 is 29.2 Å². The SMILES string of the molecule is CC(C)(CCOc1ccccc1-c1c[nH]cn1)CCn1c(=O)c(F)cn([C@@H]2O[C@H](CO)[C@@H](O)[C@H]2O)c1=O. The molecule has 37 heavy (non-hydrogen) atoms. The summed E-state index contributed by atoms with van der Waals surface area (Å²) in [6.45, 7) is 3.57. The van der Waals surface area contributed by atoms with Gasteiger partial charge in [-0.15, -0.1) is 0 Å². The van der Waals surface area contributed by atoms with Crippen LogP contribution < -0.4 is 16.0 Å². The average Bonchev–Trinajstić information content (AvgIpc) is 3.50. The van der Waals surface area contributed by atoms with Crippen LogP contribution in [0.5, 0.6) is 5.75 Å². The molecule has 3 heterocycles. The lowest BCUT2D eigenvalue weighted by Crippen LogP contribution is -2.45. The predicted molar refractivity (Wildman–Crippen MR) is 130 cm³/mol.